The highest BCUT2D eigenvalue weighted by atomic mass is 28.3. The number of hydrogen-bond donors (Lipinski definition) is 2. The maximum absolute atomic E-state index is 14.8. The minimum absolute atomic E-state index is 0.0396. The molecule has 2 aromatic heterocycles. The number of carbonyl (C=O) groups is 3. The van der Waals surface area contributed by atoms with Gasteiger partial charge in [-0.05, 0) is 58.2 Å². The molecule has 0 atom stereocenters. The monoisotopic (exact) mass is 569 g/mol. The summed E-state index contributed by atoms with van der Waals surface area (Å²) in [5, 5.41) is 10.5. The molecule has 1 aliphatic carbocycles. The van der Waals surface area contributed by atoms with Crippen LogP contribution in [0.1, 0.15) is 56.9 Å². The Bertz CT molecular complexity index is 1530. The van der Waals surface area contributed by atoms with Crippen LogP contribution in [0.2, 0.25) is 24.7 Å². The number of halogens is 1. The Morgan fingerprint density at radius 2 is 1.88 bits per heavy atom. The van der Waals surface area contributed by atoms with Gasteiger partial charge >= 0.3 is 12.1 Å². The van der Waals surface area contributed by atoms with Crippen LogP contribution in [-0.2, 0) is 21.6 Å². The predicted octanol–water partition coefficient (Wildman–Crippen LogP) is 6.57. The van der Waals surface area contributed by atoms with Crippen LogP contribution in [0.3, 0.4) is 0 Å². The lowest BCUT2D eigenvalue weighted by molar-refractivity contribution is -0.121. The number of rotatable bonds is 5. The van der Waals surface area contributed by atoms with Crippen LogP contribution in [0.25, 0.3) is 11.0 Å². The molecule has 40 heavy (non-hydrogen) atoms. The van der Waals surface area contributed by atoms with Crippen LogP contribution >= 0.6 is 0 Å². The topological polar surface area (TPSA) is 119 Å². The number of anilines is 2. The zero-order chi connectivity index (χ0) is 29.2. The number of urea groups is 1. The lowest BCUT2D eigenvalue weighted by atomic mass is 9.83. The third-order valence-corrected chi connectivity index (χ3v) is 12.3. The van der Waals surface area contributed by atoms with Crippen molar-refractivity contribution < 1.29 is 27.9 Å². The quantitative estimate of drug-likeness (QED) is 0.336. The molecule has 10 nitrogen and oxygen atoms in total. The maximum Gasteiger partial charge on any atom is 0.436 e. The van der Waals surface area contributed by atoms with Gasteiger partial charge in [0.1, 0.15) is 11.5 Å². The molecule has 0 bridgehead atoms. The van der Waals surface area contributed by atoms with E-state index in [0.29, 0.717) is 16.6 Å². The minimum atomic E-state index is -1.91. The molecule has 0 saturated heterocycles. The summed E-state index contributed by atoms with van der Waals surface area (Å²) < 4.78 is 26.7. The molecule has 3 amide bonds. The van der Waals surface area contributed by atoms with Crippen molar-refractivity contribution in [3.63, 3.8) is 0 Å². The van der Waals surface area contributed by atoms with Gasteiger partial charge in [-0.3, -0.25) is 4.79 Å². The van der Waals surface area contributed by atoms with Crippen LogP contribution in [0.15, 0.2) is 22.8 Å². The van der Waals surface area contributed by atoms with Gasteiger partial charge in [0.2, 0.25) is 5.91 Å². The molecule has 5 rings (SSSR count). The average Bonchev–Trinajstić information content (AvgIpc) is 3.46. The third-order valence-electron chi connectivity index (χ3n) is 8.67. The Morgan fingerprint density at radius 1 is 1.18 bits per heavy atom. The van der Waals surface area contributed by atoms with E-state index in [4.69, 9.17) is 9.15 Å². The predicted molar refractivity (Wildman–Crippen MR) is 152 cm³/mol. The average molecular weight is 570 g/mol. The first kappa shape index (κ1) is 27.9. The summed E-state index contributed by atoms with van der Waals surface area (Å²) in [4.78, 5) is 41.8. The molecule has 0 unspecified atom stereocenters. The van der Waals surface area contributed by atoms with E-state index in [1.54, 1.807) is 26.8 Å². The summed E-state index contributed by atoms with van der Waals surface area (Å²) in [6.07, 6.45) is 3.38. The standard InChI is InChI=1S/C28H36FN5O5Si/c1-8-38-26(37)34-23(31-24(35)28(12-9-13-28)40(5,6)7)18-14-33(27(3,4)22(18)32-34)25(36)30-20-19(29)11-10-17-16(2)15-39-21(17)20/h10-11,15H,8-9,12-14H2,1-7H3,(H,30,36)(H,31,35). The van der Waals surface area contributed by atoms with Crippen molar-refractivity contribution >= 4 is 48.6 Å². The molecule has 3 heterocycles. The van der Waals surface area contributed by atoms with E-state index in [0.717, 1.165) is 29.5 Å². The second-order valence-electron chi connectivity index (χ2n) is 12.2. The lowest BCUT2D eigenvalue weighted by Crippen LogP contribution is -2.52. The van der Waals surface area contributed by atoms with Gasteiger partial charge in [0.15, 0.2) is 11.4 Å². The van der Waals surface area contributed by atoms with Gasteiger partial charge in [-0.25, -0.2) is 14.0 Å². The van der Waals surface area contributed by atoms with Crippen LogP contribution < -0.4 is 10.6 Å². The summed E-state index contributed by atoms with van der Waals surface area (Å²) in [5.41, 5.74) is 1.02. The summed E-state index contributed by atoms with van der Waals surface area (Å²) in [6, 6.07) is 2.33. The molecule has 1 aliphatic heterocycles. The number of furan rings is 1. The molecule has 1 fully saturated rings. The van der Waals surface area contributed by atoms with Gasteiger partial charge in [-0.15, -0.1) is 4.68 Å². The third kappa shape index (κ3) is 4.11. The molecule has 1 saturated carbocycles. The number of aromatic nitrogens is 2. The number of aryl methyl sites for hydroxylation is 1. The van der Waals surface area contributed by atoms with Crippen molar-refractivity contribution in [3.8, 4) is 0 Å². The molecule has 3 aromatic rings. The van der Waals surface area contributed by atoms with Crippen molar-refractivity contribution in [1.29, 1.82) is 0 Å². The summed E-state index contributed by atoms with van der Waals surface area (Å²) in [6.45, 7) is 13.8. The molecule has 1 aromatic carbocycles. The largest absolute Gasteiger partial charge is 0.462 e. The van der Waals surface area contributed by atoms with Crippen LogP contribution in [0.5, 0.6) is 0 Å². The molecule has 2 aliphatic rings. The second kappa shape index (κ2) is 9.46. The highest BCUT2D eigenvalue weighted by Crippen LogP contribution is 2.56. The van der Waals surface area contributed by atoms with Crippen LogP contribution in [-0.4, -0.2) is 47.4 Å². The normalized spacial score (nSPS) is 17.4. The highest BCUT2D eigenvalue weighted by molar-refractivity contribution is 6.83. The summed E-state index contributed by atoms with van der Waals surface area (Å²) in [5.74, 6) is -0.544. The fraction of sp³-hybridized carbons (Fsp3) is 0.500. The summed E-state index contributed by atoms with van der Waals surface area (Å²) in [7, 11) is -1.91. The fourth-order valence-corrected chi connectivity index (χ4v) is 8.51. The van der Waals surface area contributed by atoms with Gasteiger partial charge in [0, 0.05) is 16.0 Å². The molecule has 0 radical (unpaired) electrons. The minimum Gasteiger partial charge on any atom is -0.462 e. The number of ether oxygens (including phenoxy) is 1. The maximum atomic E-state index is 14.8. The first-order valence-corrected chi connectivity index (χ1v) is 17.1. The van der Waals surface area contributed by atoms with Crippen LogP contribution in [0.4, 0.5) is 25.5 Å². The van der Waals surface area contributed by atoms with E-state index >= 15 is 0 Å². The first-order chi connectivity index (χ1) is 18.7. The second-order valence-corrected chi connectivity index (χ2v) is 17.7. The van der Waals surface area contributed by atoms with Crippen molar-refractivity contribution in [2.45, 2.75) is 83.7 Å². The molecular weight excluding hydrogens is 533 g/mol. The number of benzene rings is 1. The first-order valence-electron chi connectivity index (χ1n) is 13.6. The van der Waals surface area contributed by atoms with E-state index in [-0.39, 0.29) is 36.1 Å². The van der Waals surface area contributed by atoms with Crippen LogP contribution in [0, 0.1) is 12.7 Å². The van der Waals surface area contributed by atoms with Gasteiger partial charge in [-0.2, -0.15) is 5.10 Å². The zero-order valence-electron chi connectivity index (χ0n) is 24.0. The molecule has 2 N–H and O–H groups in total. The van der Waals surface area contributed by atoms with Gasteiger partial charge < -0.3 is 24.7 Å². The number of carbonyl (C=O) groups excluding carboxylic acids is 3. The number of nitrogens with one attached hydrogen (secondary N) is 2. The Balaban J connectivity index is 1.50. The van der Waals surface area contributed by atoms with E-state index in [9.17, 15) is 18.8 Å². The van der Waals surface area contributed by atoms with E-state index < -0.39 is 36.6 Å². The number of hydrogen-bond acceptors (Lipinski definition) is 6. The molecule has 12 heteroatoms. The smallest absolute Gasteiger partial charge is 0.436 e. The fourth-order valence-electron chi connectivity index (χ4n) is 5.91. The zero-order valence-corrected chi connectivity index (χ0v) is 25.0. The molecule has 214 valence electrons. The van der Waals surface area contributed by atoms with Gasteiger partial charge in [-0.1, -0.05) is 26.1 Å². The van der Waals surface area contributed by atoms with Crippen molar-refractivity contribution in [1.82, 2.24) is 14.7 Å². The molecular formula is C28H36FN5O5Si. The number of amides is 3. The Morgan fingerprint density at radius 3 is 2.48 bits per heavy atom. The van der Waals surface area contributed by atoms with Crippen molar-refractivity contribution in [2.24, 2.45) is 0 Å². The number of nitrogens with zero attached hydrogens (tertiary/aromatic N) is 3. The van der Waals surface area contributed by atoms with E-state index in [2.05, 4.69) is 35.4 Å². The number of fused-ring (bicyclic) bond motifs is 2. The highest BCUT2D eigenvalue weighted by Gasteiger charge is 2.54. The van der Waals surface area contributed by atoms with E-state index in [1.165, 1.54) is 17.2 Å². The van der Waals surface area contributed by atoms with Crippen molar-refractivity contribution in [2.75, 3.05) is 17.2 Å². The van der Waals surface area contributed by atoms with Gasteiger partial charge in [0.25, 0.3) is 0 Å². The SMILES string of the molecule is CCOC(=O)n1nc2c(c1NC(=O)C1([Si](C)(C)C)CCC1)CN(C(=O)Nc1c(F)ccc3c(C)coc13)C2(C)C. The summed E-state index contributed by atoms with van der Waals surface area (Å²) >= 11 is 0. The Hall–Kier alpha value is -3.67. The van der Waals surface area contributed by atoms with Gasteiger partial charge in [0.05, 0.1) is 38.7 Å². The Labute approximate surface area is 233 Å². The Kier molecular flexibility index (Phi) is 6.59. The van der Waals surface area contributed by atoms with Crippen molar-refractivity contribution in [3.05, 3.63) is 41.0 Å². The van der Waals surface area contributed by atoms with E-state index in [1.807, 2.05) is 6.92 Å². The lowest BCUT2D eigenvalue weighted by Gasteiger charge is -2.48. The molecule has 0 spiro atoms.